The molecule has 1 saturated carbocycles. The van der Waals surface area contributed by atoms with Crippen LogP contribution in [0.4, 0.5) is 5.69 Å². The summed E-state index contributed by atoms with van der Waals surface area (Å²) in [6, 6.07) is 19.0. The quantitative estimate of drug-likeness (QED) is 0.649. The van der Waals surface area contributed by atoms with E-state index in [9.17, 15) is 1.37 Å². The number of para-hydroxylation sites is 1. The van der Waals surface area contributed by atoms with E-state index in [-0.39, 0.29) is 12.2 Å². The van der Waals surface area contributed by atoms with Gasteiger partial charge in [0.15, 0.2) is 0 Å². The Morgan fingerprint density at radius 3 is 2.37 bits per heavy atom. The highest BCUT2D eigenvalue weighted by molar-refractivity contribution is 5.57. The van der Waals surface area contributed by atoms with Gasteiger partial charge in [0.2, 0.25) is 0 Å². The monoisotopic (exact) mass is 359 g/mol. The Bertz CT molecular complexity index is 873. The van der Waals surface area contributed by atoms with Crippen molar-refractivity contribution in [3.8, 4) is 0 Å². The first-order valence-corrected chi connectivity index (χ1v) is 10.5. The molecule has 2 fully saturated rings. The molecule has 2 aliphatic heterocycles. The molecule has 0 bridgehead atoms. The van der Waals surface area contributed by atoms with E-state index in [0.717, 1.165) is 5.56 Å². The summed E-state index contributed by atoms with van der Waals surface area (Å²) in [6.07, 6.45) is 9.89. The minimum Gasteiger partial charge on any atom is -0.351 e. The summed E-state index contributed by atoms with van der Waals surface area (Å²) in [6.45, 7) is 4.57. The third-order valence-corrected chi connectivity index (χ3v) is 6.84. The minimum atomic E-state index is -0.787. The fourth-order valence-corrected chi connectivity index (χ4v) is 5.56. The van der Waals surface area contributed by atoms with Crippen molar-refractivity contribution in [2.45, 2.75) is 63.8 Å². The molecule has 140 valence electrons. The van der Waals surface area contributed by atoms with Crippen LogP contribution in [0.2, 0.25) is 0 Å². The lowest BCUT2D eigenvalue weighted by molar-refractivity contribution is 0.147. The van der Waals surface area contributed by atoms with Crippen LogP contribution in [-0.4, -0.2) is 23.1 Å². The molecule has 0 radical (unpaired) electrons. The van der Waals surface area contributed by atoms with E-state index in [0.29, 0.717) is 12.0 Å². The van der Waals surface area contributed by atoms with Crippen LogP contribution in [0.15, 0.2) is 66.7 Å². The van der Waals surface area contributed by atoms with Gasteiger partial charge in [0, 0.05) is 11.7 Å². The van der Waals surface area contributed by atoms with E-state index in [1.165, 1.54) is 36.9 Å². The number of nitrogens with zero attached hydrogens (tertiary/aromatic N) is 2. The summed E-state index contributed by atoms with van der Waals surface area (Å²) in [7, 11) is 0. The van der Waals surface area contributed by atoms with Crippen LogP contribution in [0.3, 0.4) is 0 Å². The second-order valence-corrected chi connectivity index (χ2v) is 8.40. The molecule has 2 aromatic carbocycles. The maximum Gasteiger partial charge on any atom is 0.0866 e. The van der Waals surface area contributed by atoms with Gasteiger partial charge in [0.25, 0.3) is 0 Å². The van der Waals surface area contributed by atoms with Crippen molar-refractivity contribution in [1.29, 1.82) is 0 Å². The summed E-state index contributed by atoms with van der Waals surface area (Å²) >= 11 is 0. The largest absolute Gasteiger partial charge is 0.351 e. The molecule has 27 heavy (non-hydrogen) atoms. The van der Waals surface area contributed by atoms with E-state index < -0.39 is 6.02 Å². The minimum absolute atomic E-state index is 0.274. The van der Waals surface area contributed by atoms with Crippen LogP contribution >= 0.6 is 0 Å². The highest BCUT2D eigenvalue weighted by atomic mass is 15.5. The molecule has 0 N–H and O–H groups in total. The van der Waals surface area contributed by atoms with Crippen LogP contribution in [0.25, 0.3) is 0 Å². The summed E-state index contributed by atoms with van der Waals surface area (Å²) < 4.78 is 9.55. The predicted octanol–water partition coefficient (Wildman–Crippen LogP) is 5.70. The Balaban J connectivity index is 1.63. The lowest BCUT2D eigenvalue weighted by Crippen LogP contribution is -2.46. The molecule has 3 aliphatic rings. The third-order valence-electron chi connectivity index (χ3n) is 6.84. The van der Waals surface area contributed by atoms with Gasteiger partial charge < -0.3 is 4.90 Å². The van der Waals surface area contributed by atoms with Crippen molar-refractivity contribution in [3.63, 3.8) is 0 Å². The summed E-state index contributed by atoms with van der Waals surface area (Å²) in [5.74, 6) is 0.625. The van der Waals surface area contributed by atoms with Crippen LogP contribution < -0.4 is 4.90 Å². The highest BCUT2D eigenvalue weighted by Crippen LogP contribution is 2.48. The maximum atomic E-state index is 9.55. The number of anilines is 1. The van der Waals surface area contributed by atoms with Gasteiger partial charge in [-0.05, 0) is 49.8 Å². The zero-order chi connectivity index (χ0) is 19.3. The van der Waals surface area contributed by atoms with Gasteiger partial charge in [0.05, 0.1) is 19.6 Å². The molecule has 2 heteroatoms. The topological polar surface area (TPSA) is 6.48 Å². The zero-order valence-corrected chi connectivity index (χ0v) is 16.4. The Kier molecular flexibility index (Phi) is 4.04. The van der Waals surface area contributed by atoms with Crippen molar-refractivity contribution < 1.29 is 1.37 Å². The molecule has 3 unspecified atom stereocenters. The smallest absolute Gasteiger partial charge is 0.0866 e. The number of hydrogen-bond donors (Lipinski definition) is 0. The molecule has 0 aromatic heterocycles. The average Bonchev–Trinajstić information content (AvgIpc) is 3.42. The van der Waals surface area contributed by atoms with Gasteiger partial charge in [-0.15, -0.1) is 0 Å². The second kappa shape index (κ2) is 6.83. The van der Waals surface area contributed by atoms with Gasteiger partial charge in [0.1, 0.15) is 0 Å². The molecule has 1 saturated heterocycles. The van der Waals surface area contributed by atoms with Gasteiger partial charge in [-0.3, -0.25) is 4.90 Å². The van der Waals surface area contributed by atoms with Gasteiger partial charge in [-0.1, -0.05) is 73.5 Å². The molecule has 4 atom stereocenters. The second-order valence-electron chi connectivity index (χ2n) is 8.40. The van der Waals surface area contributed by atoms with Crippen molar-refractivity contribution in [1.82, 2.24) is 4.90 Å². The van der Waals surface area contributed by atoms with E-state index in [2.05, 4.69) is 84.3 Å². The lowest BCUT2D eigenvalue weighted by Gasteiger charge is -2.40. The highest BCUT2D eigenvalue weighted by Gasteiger charge is 2.52. The standard InChI is InChI=1S/C25H30N2/c1-18-10-6-9-15-22(18)26-19(2)23-16-17-24(20-11-4-3-5-12-20)27(23)25(26)21-13-7-8-14-21/h3-6,9-12,15-17,19,21,23-25H,7-8,13-14H2,1-2H3/t19-,23?,24?,25?/m0/s1/i24D. The number of fused-ring (bicyclic) bond motifs is 1. The molecule has 2 heterocycles. The van der Waals surface area contributed by atoms with Crippen molar-refractivity contribution in [2.75, 3.05) is 4.90 Å². The molecular weight excluding hydrogens is 328 g/mol. The van der Waals surface area contributed by atoms with Crippen LogP contribution in [0, 0.1) is 12.8 Å². The molecule has 0 spiro atoms. The third kappa shape index (κ3) is 2.73. The van der Waals surface area contributed by atoms with Crippen molar-refractivity contribution in [2.24, 2.45) is 5.92 Å². The van der Waals surface area contributed by atoms with E-state index in [1.54, 1.807) is 0 Å². The van der Waals surface area contributed by atoms with E-state index in [4.69, 9.17) is 0 Å². The normalized spacial score (nSPS) is 34.2. The summed E-state index contributed by atoms with van der Waals surface area (Å²) in [4.78, 5) is 5.15. The van der Waals surface area contributed by atoms with Crippen LogP contribution in [-0.2, 0) is 0 Å². The Labute approximate surface area is 164 Å². The molecule has 5 rings (SSSR count). The molecule has 2 aromatic rings. The Morgan fingerprint density at radius 2 is 1.63 bits per heavy atom. The first kappa shape index (κ1) is 15.9. The molecular formula is C25H30N2. The van der Waals surface area contributed by atoms with Gasteiger partial charge >= 0.3 is 0 Å². The summed E-state index contributed by atoms with van der Waals surface area (Å²) in [5.41, 5.74) is 3.75. The average molecular weight is 360 g/mol. The summed E-state index contributed by atoms with van der Waals surface area (Å²) in [5, 5.41) is 0. The van der Waals surface area contributed by atoms with Crippen molar-refractivity contribution >= 4 is 5.69 Å². The Hall–Kier alpha value is -2.06. The number of rotatable bonds is 3. The first-order valence-electron chi connectivity index (χ1n) is 11.0. The van der Waals surface area contributed by atoms with Crippen molar-refractivity contribution in [3.05, 3.63) is 77.9 Å². The van der Waals surface area contributed by atoms with Crippen LogP contribution in [0.5, 0.6) is 0 Å². The Morgan fingerprint density at radius 1 is 0.926 bits per heavy atom. The van der Waals surface area contributed by atoms with E-state index in [1.807, 2.05) is 6.07 Å². The number of benzene rings is 2. The van der Waals surface area contributed by atoms with Gasteiger partial charge in [-0.25, -0.2) is 0 Å². The SMILES string of the molecule is [2H]C1(c2ccccc2)C=CC2[C@H](C)N(c3ccccc3C)C(C3CCCC3)N21. The molecule has 1 aliphatic carbocycles. The van der Waals surface area contributed by atoms with Crippen LogP contribution in [0.1, 0.15) is 51.1 Å². The first-order chi connectivity index (χ1) is 13.6. The zero-order valence-electron chi connectivity index (χ0n) is 17.4. The number of hydrogen-bond acceptors (Lipinski definition) is 2. The number of aryl methyl sites for hydroxylation is 1. The van der Waals surface area contributed by atoms with Gasteiger partial charge in [-0.2, -0.15) is 0 Å². The maximum absolute atomic E-state index is 9.55. The predicted molar refractivity (Wildman–Crippen MR) is 113 cm³/mol. The fraction of sp³-hybridized carbons (Fsp3) is 0.440. The van der Waals surface area contributed by atoms with E-state index >= 15 is 0 Å². The molecule has 2 nitrogen and oxygen atoms in total. The lowest BCUT2D eigenvalue weighted by atomic mass is 9.98. The fourth-order valence-electron chi connectivity index (χ4n) is 5.56. The molecule has 0 amide bonds.